The van der Waals surface area contributed by atoms with Crippen molar-refractivity contribution in [2.75, 3.05) is 13.2 Å². The Morgan fingerprint density at radius 2 is 2.00 bits per heavy atom. The molecule has 3 aliphatic rings. The van der Waals surface area contributed by atoms with Crippen LogP contribution in [0, 0.1) is 17.3 Å². The summed E-state index contributed by atoms with van der Waals surface area (Å²) in [7, 11) is 0. The molecule has 0 aromatic carbocycles. The van der Waals surface area contributed by atoms with Crippen molar-refractivity contribution in [2.45, 2.75) is 44.6 Å². The Hall–Kier alpha value is -0.0800. The third kappa shape index (κ3) is 0.989. The third-order valence-electron chi connectivity index (χ3n) is 4.92. The zero-order valence-electron chi connectivity index (χ0n) is 8.74. The van der Waals surface area contributed by atoms with Gasteiger partial charge in [-0.3, -0.25) is 0 Å². The minimum Gasteiger partial charge on any atom is -0.396 e. The molecule has 0 amide bonds. The van der Waals surface area contributed by atoms with Crippen molar-refractivity contribution in [3.8, 4) is 0 Å². The van der Waals surface area contributed by atoms with Crippen LogP contribution in [-0.2, 0) is 4.74 Å². The van der Waals surface area contributed by atoms with Gasteiger partial charge in [-0.25, -0.2) is 0 Å². The molecule has 2 nitrogen and oxygen atoms in total. The summed E-state index contributed by atoms with van der Waals surface area (Å²) < 4.78 is 5.94. The zero-order chi connectivity index (χ0) is 9.60. The lowest BCUT2D eigenvalue weighted by molar-refractivity contribution is -0.237. The van der Waals surface area contributed by atoms with E-state index in [4.69, 9.17) is 4.74 Å². The topological polar surface area (TPSA) is 29.5 Å². The van der Waals surface area contributed by atoms with Gasteiger partial charge in [-0.1, -0.05) is 12.8 Å². The van der Waals surface area contributed by atoms with Crippen LogP contribution in [0.3, 0.4) is 0 Å². The van der Waals surface area contributed by atoms with Crippen LogP contribution < -0.4 is 0 Å². The summed E-state index contributed by atoms with van der Waals surface area (Å²) in [5.41, 5.74) is 0.403. The fourth-order valence-electron chi connectivity index (χ4n) is 4.33. The summed E-state index contributed by atoms with van der Waals surface area (Å²) in [6.07, 6.45) is 8.31. The normalized spacial score (nSPS) is 44.8. The molecule has 0 aromatic rings. The second-order valence-corrected chi connectivity index (χ2v) is 5.33. The van der Waals surface area contributed by atoms with Gasteiger partial charge in [0.05, 0.1) is 6.10 Å². The van der Waals surface area contributed by atoms with Crippen LogP contribution in [0.2, 0.25) is 0 Å². The van der Waals surface area contributed by atoms with Crippen molar-refractivity contribution < 1.29 is 9.84 Å². The second-order valence-electron chi connectivity index (χ2n) is 5.33. The molecule has 1 heterocycles. The molecule has 2 aliphatic carbocycles. The molecule has 80 valence electrons. The number of hydrogen-bond acceptors (Lipinski definition) is 2. The first-order valence-electron chi connectivity index (χ1n) is 6.11. The average molecular weight is 196 g/mol. The Morgan fingerprint density at radius 3 is 2.71 bits per heavy atom. The first-order valence-corrected chi connectivity index (χ1v) is 6.11. The molecular weight excluding hydrogens is 176 g/mol. The quantitative estimate of drug-likeness (QED) is 0.694. The fraction of sp³-hybridized carbons (Fsp3) is 1.00. The Bertz CT molecular complexity index is 212. The molecule has 3 rings (SSSR count). The van der Waals surface area contributed by atoms with E-state index in [1.165, 1.54) is 38.5 Å². The van der Waals surface area contributed by atoms with Gasteiger partial charge in [0.1, 0.15) is 0 Å². The molecule has 0 radical (unpaired) electrons. The van der Waals surface area contributed by atoms with Crippen LogP contribution in [-0.4, -0.2) is 24.4 Å². The highest BCUT2D eigenvalue weighted by Crippen LogP contribution is 2.63. The molecule has 1 spiro atoms. The lowest BCUT2D eigenvalue weighted by Crippen LogP contribution is -2.63. The number of ether oxygens (including phenoxy) is 1. The summed E-state index contributed by atoms with van der Waals surface area (Å²) in [6, 6.07) is 0. The van der Waals surface area contributed by atoms with E-state index in [2.05, 4.69) is 0 Å². The van der Waals surface area contributed by atoms with E-state index < -0.39 is 0 Å². The van der Waals surface area contributed by atoms with E-state index in [0.717, 1.165) is 6.61 Å². The van der Waals surface area contributed by atoms with Crippen LogP contribution in [0.15, 0.2) is 0 Å². The predicted octanol–water partition coefficient (Wildman–Crippen LogP) is 1.96. The van der Waals surface area contributed by atoms with E-state index in [-0.39, 0.29) is 0 Å². The standard InChI is InChI=1S/C12H20O2/c13-8-10-9-4-3-7-14-11(9)12(10)5-1-2-6-12/h9-11,13H,1-8H2/t9-,10+,11+/m0/s1. The Kier molecular flexibility index (Phi) is 2.10. The van der Waals surface area contributed by atoms with Gasteiger partial charge in [-0.15, -0.1) is 0 Å². The first-order chi connectivity index (χ1) is 6.88. The van der Waals surface area contributed by atoms with Gasteiger partial charge in [-0.05, 0) is 37.5 Å². The minimum absolute atomic E-state index is 0.393. The maximum absolute atomic E-state index is 9.50. The number of fused-ring (bicyclic) bond motifs is 2. The van der Waals surface area contributed by atoms with Gasteiger partial charge in [0, 0.05) is 18.6 Å². The van der Waals surface area contributed by atoms with Gasteiger partial charge in [0.25, 0.3) is 0 Å². The maximum Gasteiger partial charge on any atom is 0.0666 e. The summed E-state index contributed by atoms with van der Waals surface area (Å²) in [6.45, 7) is 1.35. The first kappa shape index (κ1) is 9.17. The predicted molar refractivity (Wildman–Crippen MR) is 53.9 cm³/mol. The maximum atomic E-state index is 9.50. The summed E-state index contributed by atoms with van der Waals surface area (Å²) in [5.74, 6) is 1.25. The molecule has 2 saturated carbocycles. The molecular formula is C12H20O2. The van der Waals surface area contributed by atoms with Crippen molar-refractivity contribution >= 4 is 0 Å². The highest BCUT2D eigenvalue weighted by Gasteiger charge is 2.62. The third-order valence-corrected chi connectivity index (χ3v) is 4.92. The lowest BCUT2D eigenvalue weighted by atomic mass is 9.49. The highest BCUT2D eigenvalue weighted by molar-refractivity contribution is 5.11. The average Bonchev–Trinajstić information content (AvgIpc) is 2.69. The van der Waals surface area contributed by atoms with Gasteiger partial charge in [0.15, 0.2) is 0 Å². The number of rotatable bonds is 1. The zero-order valence-corrected chi connectivity index (χ0v) is 8.74. The molecule has 3 fully saturated rings. The molecule has 1 saturated heterocycles. The van der Waals surface area contributed by atoms with E-state index >= 15 is 0 Å². The molecule has 2 heteroatoms. The minimum atomic E-state index is 0.393. The van der Waals surface area contributed by atoms with Crippen LogP contribution in [0.25, 0.3) is 0 Å². The molecule has 0 unspecified atom stereocenters. The van der Waals surface area contributed by atoms with Crippen molar-refractivity contribution in [1.82, 2.24) is 0 Å². The van der Waals surface area contributed by atoms with E-state index in [1.54, 1.807) is 0 Å². The Labute approximate surface area is 85.6 Å². The largest absolute Gasteiger partial charge is 0.396 e. The monoisotopic (exact) mass is 196 g/mol. The lowest BCUT2D eigenvalue weighted by Gasteiger charge is -2.61. The smallest absolute Gasteiger partial charge is 0.0666 e. The number of aliphatic hydroxyl groups excluding tert-OH is 1. The summed E-state index contributed by atoms with van der Waals surface area (Å²) in [4.78, 5) is 0. The Morgan fingerprint density at radius 1 is 1.21 bits per heavy atom. The second kappa shape index (κ2) is 3.21. The molecule has 1 N–H and O–H groups in total. The SMILES string of the molecule is OC[C@@H]1[C@@H]2CCCO[C@H]2C12CCCC2. The van der Waals surface area contributed by atoms with Gasteiger partial charge < -0.3 is 9.84 Å². The van der Waals surface area contributed by atoms with Crippen LogP contribution in [0.5, 0.6) is 0 Å². The molecule has 14 heavy (non-hydrogen) atoms. The van der Waals surface area contributed by atoms with Gasteiger partial charge in [0.2, 0.25) is 0 Å². The van der Waals surface area contributed by atoms with Gasteiger partial charge in [-0.2, -0.15) is 0 Å². The number of aliphatic hydroxyl groups is 1. The van der Waals surface area contributed by atoms with Crippen LogP contribution in [0.4, 0.5) is 0 Å². The van der Waals surface area contributed by atoms with Crippen LogP contribution >= 0.6 is 0 Å². The molecule has 0 bridgehead atoms. The van der Waals surface area contributed by atoms with Crippen molar-refractivity contribution in [3.63, 3.8) is 0 Å². The van der Waals surface area contributed by atoms with E-state index in [0.29, 0.717) is 30.0 Å². The molecule has 3 atom stereocenters. The molecule has 1 aliphatic heterocycles. The van der Waals surface area contributed by atoms with Crippen molar-refractivity contribution in [2.24, 2.45) is 17.3 Å². The van der Waals surface area contributed by atoms with E-state index in [9.17, 15) is 5.11 Å². The number of hydrogen-bond donors (Lipinski definition) is 1. The van der Waals surface area contributed by atoms with Crippen LogP contribution in [0.1, 0.15) is 38.5 Å². The van der Waals surface area contributed by atoms with Gasteiger partial charge >= 0.3 is 0 Å². The van der Waals surface area contributed by atoms with E-state index in [1.807, 2.05) is 0 Å². The molecule has 0 aromatic heterocycles. The van der Waals surface area contributed by atoms with Crippen molar-refractivity contribution in [1.29, 1.82) is 0 Å². The highest BCUT2D eigenvalue weighted by atomic mass is 16.5. The fourth-order valence-corrected chi connectivity index (χ4v) is 4.33. The summed E-state index contributed by atoms with van der Waals surface area (Å²) in [5, 5.41) is 9.50. The summed E-state index contributed by atoms with van der Waals surface area (Å²) >= 11 is 0. The van der Waals surface area contributed by atoms with Crippen molar-refractivity contribution in [3.05, 3.63) is 0 Å². The Balaban J connectivity index is 1.82.